The summed E-state index contributed by atoms with van der Waals surface area (Å²) in [6, 6.07) is 6.54. The van der Waals surface area contributed by atoms with E-state index in [1.165, 1.54) is 12.1 Å². The highest BCUT2D eigenvalue weighted by atomic mass is 19.3. The van der Waals surface area contributed by atoms with Gasteiger partial charge in [0.05, 0.1) is 12.7 Å². The van der Waals surface area contributed by atoms with Crippen LogP contribution in [0.5, 0.6) is 5.75 Å². The SMILES string of the molecule is FC(F)Oc1ccc(COC2CC[N]CC2)cc1. The molecule has 1 heterocycles. The Morgan fingerprint density at radius 1 is 1.17 bits per heavy atom. The lowest BCUT2D eigenvalue weighted by atomic mass is 10.1. The Labute approximate surface area is 105 Å². The molecule has 0 bridgehead atoms. The van der Waals surface area contributed by atoms with Crippen LogP contribution < -0.4 is 10.1 Å². The number of rotatable bonds is 5. The highest BCUT2D eigenvalue weighted by Crippen LogP contribution is 2.17. The Morgan fingerprint density at radius 2 is 1.83 bits per heavy atom. The van der Waals surface area contributed by atoms with E-state index in [1.807, 2.05) is 0 Å². The van der Waals surface area contributed by atoms with E-state index in [-0.39, 0.29) is 11.9 Å². The van der Waals surface area contributed by atoms with E-state index in [0.717, 1.165) is 31.5 Å². The highest BCUT2D eigenvalue weighted by Gasteiger charge is 2.13. The summed E-state index contributed by atoms with van der Waals surface area (Å²) in [5.41, 5.74) is 0.958. The van der Waals surface area contributed by atoms with Crippen molar-refractivity contribution in [1.82, 2.24) is 5.32 Å². The molecule has 1 aliphatic heterocycles. The molecule has 0 spiro atoms. The van der Waals surface area contributed by atoms with Crippen LogP contribution in [-0.2, 0) is 11.3 Å². The van der Waals surface area contributed by atoms with Gasteiger partial charge in [-0.3, -0.25) is 0 Å². The van der Waals surface area contributed by atoms with Crippen LogP contribution >= 0.6 is 0 Å². The number of hydrogen-bond donors (Lipinski definition) is 0. The third-order valence-electron chi connectivity index (χ3n) is 2.85. The van der Waals surface area contributed by atoms with Crippen LogP contribution in [0.15, 0.2) is 24.3 Å². The average molecular weight is 256 g/mol. The van der Waals surface area contributed by atoms with Gasteiger partial charge >= 0.3 is 6.61 Å². The van der Waals surface area contributed by atoms with Gasteiger partial charge in [-0.05, 0) is 30.5 Å². The van der Waals surface area contributed by atoms with Crippen molar-refractivity contribution >= 4 is 0 Å². The van der Waals surface area contributed by atoms with E-state index < -0.39 is 6.61 Å². The maximum atomic E-state index is 12.0. The number of alkyl halides is 2. The number of nitrogens with zero attached hydrogens (tertiary/aromatic N) is 1. The van der Waals surface area contributed by atoms with E-state index in [0.29, 0.717) is 6.61 Å². The number of halogens is 2. The lowest BCUT2D eigenvalue weighted by Gasteiger charge is -2.21. The van der Waals surface area contributed by atoms with Crippen molar-refractivity contribution in [2.24, 2.45) is 0 Å². The summed E-state index contributed by atoms with van der Waals surface area (Å²) >= 11 is 0. The molecule has 0 aromatic heterocycles. The van der Waals surface area contributed by atoms with E-state index in [1.54, 1.807) is 12.1 Å². The van der Waals surface area contributed by atoms with Crippen LogP contribution in [0.1, 0.15) is 18.4 Å². The molecule has 0 saturated carbocycles. The summed E-state index contributed by atoms with van der Waals surface area (Å²) in [4.78, 5) is 0. The summed E-state index contributed by atoms with van der Waals surface area (Å²) in [5.74, 6) is 0.171. The normalized spacial score (nSPS) is 17.1. The molecule has 99 valence electrons. The fraction of sp³-hybridized carbons (Fsp3) is 0.538. The van der Waals surface area contributed by atoms with Crippen LogP contribution in [0.2, 0.25) is 0 Å². The number of benzene rings is 1. The average Bonchev–Trinajstić information content (AvgIpc) is 2.38. The maximum absolute atomic E-state index is 12.0. The highest BCUT2D eigenvalue weighted by molar-refractivity contribution is 5.26. The van der Waals surface area contributed by atoms with E-state index >= 15 is 0 Å². The first-order valence-electron chi connectivity index (χ1n) is 6.02. The molecule has 1 aromatic rings. The predicted molar refractivity (Wildman–Crippen MR) is 62.8 cm³/mol. The standard InChI is InChI=1S/C13H16F2NO2/c14-13(15)18-12-3-1-10(2-4-12)9-17-11-5-7-16-8-6-11/h1-4,11,13H,5-9H2. The summed E-state index contributed by atoms with van der Waals surface area (Å²) in [6.07, 6.45) is 2.19. The van der Waals surface area contributed by atoms with E-state index in [2.05, 4.69) is 10.1 Å². The van der Waals surface area contributed by atoms with Gasteiger partial charge in [-0.25, -0.2) is 5.32 Å². The lowest BCUT2D eigenvalue weighted by Crippen LogP contribution is -2.28. The van der Waals surface area contributed by atoms with Crippen LogP contribution in [0, 0.1) is 0 Å². The molecule has 1 radical (unpaired) electrons. The molecule has 3 nitrogen and oxygen atoms in total. The molecule has 2 rings (SSSR count). The molecular formula is C13H16F2NO2. The molecule has 0 unspecified atom stereocenters. The fourth-order valence-corrected chi connectivity index (χ4v) is 1.87. The van der Waals surface area contributed by atoms with Gasteiger partial charge in [-0.2, -0.15) is 8.78 Å². The zero-order valence-corrected chi connectivity index (χ0v) is 10.0. The van der Waals surface area contributed by atoms with Gasteiger partial charge < -0.3 is 9.47 Å². The van der Waals surface area contributed by atoms with Crippen molar-refractivity contribution in [2.45, 2.75) is 32.2 Å². The molecule has 1 aromatic carbocycles. The molecule has 5 heteroatoms. The maximum Gasteiger partial charge on any atom is 0.387 e. The van der Waals surface area contributed by atoms with E-state index in [9.17, 15) is 8.78 Å². The van der Waals surface area contributed by atoms with Crippen LogP contribution in [0.4, 0.5) is 8.78 Å². The summed E-state index contributed by atoms with van der Waals surface area (Å²) in [5, 5.41) is 4.25. The minimum absolute atomic E-state index is 0.171. The van der Waals surface area contributed by atoms with Crippen LogP contribution in [-0.4, -0.2) is 25.8 Å². The van der Waals surface area contributed by atoms with Crippen molar-refractivity contribution in [1.29, 1.82) is 0 Å². The first-order valence-corrected chi connectivity index (χ1v) is 6.02. The molecule has 1 saturated heterocycles. The number of hydrogen-bond acceptors (Lipinski definition) is 2. The minimum atomic E-state index is -2.78. The molecule has 0 N–H and O–H groups in total. The minimum Gasteiger partial charge on any atom is -0.435 e. The van der Waals surface area contributed by atoms with Crippen LogP contribution in [0.3, 0.4) is 0 Å². The zero-order chi connectivity index (χ0) is 12.8. The van der Waals surface area contributed by atoms with Gasteiger partial charge in [0.25, 0.3) is 0 Å². The Morgan fingerprint density at radius 3 is 2.44 bits per heavy atom. The number of piperidine rings is 1. The monoisotopic (exact) mass is 256 g/mol. The second kappa shape index (κ2) is 6.66. The molecule has 1 aliphatic rings. The molecule has 18 heavy (non-hydrogen) atoms. The first-order chi connectivity index (χ1) is 8.74. The van der Waals surface area contributed by atoms with Crippen molar-refractivity contribution < 1.29 is 18.3 Å². The summed E-state index contributed by atoms with van der Waals surface area (Å²) < 4.78 is 33.9. The van der Waals surface area contributed by atoms with E-state index in [4.69, 9.17) is 4.74 Å². The lowest BCUT2D eigenvalue weighted by molar-refractivity contribution is -0.0498. The second-order valence-corrected chi connectivity index (χ2v) is 4.20. The number of ether oxygens (including phenoxy) is 2. The summed E-state index contributed by atoms with van der Waals surface area (Å²) in [7, 11) is 0. The largest absolute Gasteiger partial charge is 0.435 e. The molecule has 1 fully saturated rings. The predicted octanol–water partition coefficient (Wildman–Crippen LogP) is 2.57. The smallest absolute Gasteiger partial charge is 0.387 e. The van der Waals surface area contributed by atoms with Crippen molar-refractivity contribution in [3.8, 4) is 5.75 Å². The zero-order valence-electron chi connectivity index (χ0n) is 10.0. The Balaban J connectivity index is 1.78. The fourth-order valence-electron chi connectivity index (χ4n) is 1.87. The van der Waals surface area contributed by atoms with Gasteiger partial charge in [0.1, 0.15) is 5.75 Å². The molecule has 0 atom stereocenters. The Bertz CT molecular complexity index is 351. The Kier molecular flexibility index (Phi) is 4.90. The third-order valence-corrected chi connectivity index (χ3v) is 2.85. The van der Waals surface area contributed by atoms with Crippen LogP contribution in [0.25, 0.3) is 0 Å². The third kappa shape index (κ3) is 4.23. The van der Waals surface area contributed by atoms with Gasteiger partial charge in [0.15, 0.2) is 0 Å². The second-order valence-electron chi connectivity index (χ2n) is 4.20. The van der Waals surface area contributed by atoms with Gasteiger partial charge in [0, 0.05) is 13.1 Å². The quantitative estimate of drug-likeness (QED) is 0.811. The Hall–Kier alpha value is -1.20. The van der Waals surface area contributed by atoms with Crippen molar-refractivity contribution in [3.05, 3.63) is 29.8 Å². The summed E-state index contributed by atoms with van der Waals surface area (Å²) in [6.45, 7) is -0.546. The first kappa shape index (κ1) is 13.2. The van der Waals surface area contributed by atoms with Crippen molar-refractivity contribution in [3.63, 3.8) is 0 Å². The molecule has 0 amide bonds. The van der Waals surface area contributed by atoms with Gasteiger partial charge in [-0.1, -0.05) is 12.1 Å². The van der Waals surface area contributed by atoms with Crippen molar-refractivity contribution in [2.75, 3.05) is 13.1 Å². The topological polar surface area (TPSA) is 32.6 Å². The van der Waals surface area contributed by atoms with Gasteiger partial charge in [-0.15, -0.1) is 0 Å². The van der Waals surface area contributed by atoms with Gasteiger partial charge in [0.2, 0.25) is 0 Å². The molecular weight excluding hydrogens is 240 g/mol. The molecule has 0 aliphatic carbocycles.